The molecule has 0 bridgehead atoms. The molecule has 1 aromatic carbocycles. The normalized spacial score (nSPS) is 15.3. The highest BCUT2D eigenvalue weighted by atomic mass is 16.2. The number of para-hydroxylation sites is 1. The lowest BCUT2D eigenvalue weighted by molar-refractivity contribution is 0.0909. The van der Waals surface area contributed by atoms with Crippen LogP contribution in [0.25, 0.3) is 0 Å². The number of carbonyl (C=O) groups is 3. The number of anilines is 1. The molecule has 6 heteroatoms. The molecule has 0 spiro atoms. The third-order valence-electron chi connectivity index (χ3n) is 4.77. The third-order valence-corrected chi connectivity index (χ3v) is 4.77. The molecule has 0 fully saturated rings. The molecule has 1 aromatic heterocycles. The number of hydrogen-bond donors (Lipinski definition) is 3. The van der Waals surface area contributed by atoms with Gasteiger partial charge in [0.2, 0.25) is 0 Å². The van der Waals surface area contributed by atoms with Crippen molar-refractivity contribution in [3.05, 3.63) is 52.3 Å². The van der Waals surface area contributed by atoms with E-state index in [1.807, 2.05) is 13.8 Å². The number of fused-ring (bicyclic) bond motifs is 1. The predicted molar refractivity (Wildman–Crippen MR) is 99.7 cm³/mol. The minimum atomic E-state index is -0.362. The first-order valence-electron chi connectivity index (χ1n) is 8.60. The Bertz CT molecular complexity index is 909. The van der Waals surface area contributed by atoms with Crippen LogP contribution in [0.1, 0.15) is 62.7 Å². The number of rotatable bonds is 3. The number of amides is 2. The van der Waals surface area contributed by atoms with Gasteiger partial charge in [0.25, 0.3) is 11.8 Å². The number of aromatic amines is 1. The summed E-state index contributed by atoms with van der Waals surface area (Å²) in [5.74, 6) is -0.575. The summed E-state index contributed by atoms with van der Waals surface area (Å²) in [7, 11) is 1.54. The van der Waals surface area contributed by atoms with Gasteiger partial charge in [0.05, 0.1) is 11.3 Å². The van der Waals surface area contributed by atoms with E-state index >= 15 is 0 Å². The maximum atomic E-state index is 12.8. The van der Waals surface area contributed by atoms with Gasteiger partial charge in [-0.2, -0.15) is 0 Å². The highest BCUT2D eigenvalue weighted by Gasteiger charge is 2.35. The summed E-state index contributed by atoms with van der Waals surface area (Å²) < 4.78 is 0. The lowest BCUT2D eigenvalue weighted by atomic mass is 9.75. The van der Waals surface area contributed by atoms with Crippen molar-refractivity contribution < 1.29 is 14.4 Å². The average molecular weight is 353 g/mol. The van der Waals surface area contributed by atoms with E-state index in [1.54, 1.807) is 31.2 Å². The zero-order valence-corrected chi connectivity index (χ0v) is 15.4. The summed E-state index contributed by atoms with van der Waals surface area (Å²) in [5.41, 5.74) is 3.16. The van der Waals surface area contributed by atoms with Crippen LogP contribution in [0.4, 0.5) is 5.69 Å². The summed E-state index contributed by atoms with van der Waals surface area (Å²) in [6.07, 6.45) is 1.19. The molecule has 2 aromatic rings. The van der Waals surface area contributed by atoms with Gasteiger partial charge in [-0.05, 0) is 36.5 Å². The quantitative estimate of drug-likeness (QED) is 0.792. The lowest BCUT2D eigenvalue weighted by Gasteiger charge is -2.28. The van der Waals surface area contributed by atoms with Gasteiger partial charge in [-0.3, -0.25) is 14.4 Å². The van der Waals surface area contributed by atoms with Crippen molar-refractivity contribution >= 4 is 23.3 Å². The lowest BCUT2D eigenvalue weighted by Crippen LogP contribution is -2.26. The minimum absolute atomic E-state index is 0.0646. The van der Waals surface area contributed by atoms with Crippen LogP contribution >= 0.6 is 0 Å². The molecule has 1 aliphatic carbocycles. The largest absolute Gasteiger partial charge is 0.355 e. The number of H-pyrrole nitrogens is 1. The smallest absolute Gasteiger partial charge is 0.272 e. The first-order chi connectivity index (χ1) is 12.2. The van der Waals surface area contributed by atoms with E-state index in [0.717, 1.165) is 12.1 Å². The molecular weight excluding hydrogens is 330 g/mol. The SMILES string of the molecule is CNC(=O)c1ccccc1NC(=O)c1[nH]c2c(c1C)C(=O)CC(C)(C)C2. The second-order valence-corrected chi connectivity index (χ2v) is 7.50. The fraction of sp³-hybridized carbons (Fsp3) is 0.350. The maximum Gasteiger partial charge on any atom is 0.272 e. The van der Waals surface area contributed by atoms with Crippen molar-refractivity contribution in [3.8, 4) is 0 Å². The molecule has 0 aliphatic heterocycles. The van der Waals surface area contributed by atoms with Gasteiger partial charge in [0.1, 0.15) is 5.69 Å². The van der Waals surface area contributed by atoms with Gasteiger partial charge in [-0.1, -0.05) is 26.0 Å². The minimum Gasteiger partial charge on any atom is -0.355 e. The summed E-state index contributed by atoms with van der Waals surface area (Å²) in [6.45, 7) is 5.87. The highest BCUT2D eigenvalue weighted by Crippen LogP contribution is 2.36. The molecule has 0 saturated heterocycles. The van der Waals surface area contributed by atoms with E-state index in [9.17, 15) is 14.4 Å². The molecule has 0 unspecified atom stereocenters. The monoisotopic (exact) mass is 353 g/mol. The van der Waals surface area contributed by atoms with E-state index in [0.29, 0.717) is 34.5 Å². The van der Waals surface area contributed by atoms with Crippen LogP contribution in [0, 0.1) is 12.3 Å². The number of aromatic nitrogens is 1. The molecule has 3 N–H and O–H groups in total. The van der Waals surface area contributed by atoms with Crippen LogP contribution in [0.2, 0.25) is 0 Å². The van der Waals surface area contributed by atoms with E-state index in [2.05, 4.69) is 15.6 Å². The van der Waals surface area contributed by atoms with Crippen LogP contribution in [0.5, 0.6) is 0 Å². The van der Waals surface area contributed by atoms with Gasteiger partial charge in [-0.15, -0.1) is 0 Å². The highest BCUT2D eigenvalue weighted by molar-refractivity contribution is 6.11. The fourth-order valence-corrected chi connectivity index (χ4v) is 3.57. The number of nitrogens with one attached hydrogen (secondary N) is 3. The van der Waals surface area contributed by atoms with Gasteiger partial charge in [0, 0.05) is 24.7 Å². The van der Waals surface area contributed by atoms with Crippen LogP contribution in [-0.2, 0) is 6.42 Å². The Balaban J connectivity index is 1.94. The topological polar surface area (TPSA) is 91.1 Å². The summed E-state index contributed by atoms with van der Waals surface area (Å²) in [5, 5.41) is 5.34. The van der Waals surface area contributed by atoms with Gasteiger partial charge < -0.3 is 15.6 Å². The van der Waals surface area contributed by atoms with Gasteiger partial charge >= 0.3 is 0 Å². The first-order valence-corrected chi connectivity index (χ1v) is 8.60. The van der Waals surface area contributed by atoms with Gasteiger partial charge in [0.15, 0.2) is 5.78 Å². The molecule has 26 heavy (non-hydrogen) atoms. The van der Waals surface area contributed by atoms with Crippen molar-refractivity contribution in [1.29, 1.82) is 0 Å². The Morgan fingerprint density at radius 3 is 2.50 bits per heavy atom. The Hall–Kier alpha value is -2.89. The van der Waals surface area contributed by atoms with Crippen molar-refractivity contribution in [2.24, 2.45) is 5.41 Å². The number of benzene rings is 1. The molecular formula is C20H23N3O3. The van der Waals surface area contributed by atoms with Crippen LogP contribution < -0.4 is 10.6 Å². The maximum absolute atomic E-state index is 12.8. The number of hydrogen-bond acceptors (Lipinski definition) is 3. The zero-order valence-electron chi connectivity index (χ0n) is 15.4. The van der Waals surface area contributed by atoms with E-state index < -0.39 is 0 Å². The molecule has 1 heterocycles. The Labute approximate surface area is 152 Å². The average Bonchev–Trinajstić information content (AvgIpc) is 2.90. The zero-order chi connectivity index (χ0) is 19.1. The van der Waals surface area contributed by atoms with E-state index in [1.165, 1.54) is 7.05 Å². The number of Topliss-reactive ketones (excluding diaryl/α,β-unsaturated/α-hetero) is 1. The molecule has 0 radical (unpaired) electrons. The first kappa shape index (κ1) is 17.9. The molecule has 0 atom stereocenters. The predicted octanol–water partition coefficient (Wildman–Crippen LogP) is 3.09. The molecule has 136 valence electrons. The van der Waals surface area contributed by atoms with E-state index in [4.69, 9.17) is 0 Å². The summed E-state index contributed by atoms with van der Waals surface area (Å²) in [6, 6.07) is 6.81. The van der Waals surface area contributed by atoms with Crippen molar-refractivity contribution in [2.45, 2.75) is 33.6 Å². The van der Waals surface area contributed by atoms with Crippen LogP contribution in [-0.4, -0.2) is 29.6 Å². The summed E-state index contributed by atoms with van der Waals surface area (Å²) in [4.78, 5) is 40.4. The van der Waals surface area contributed by atoms with Crippen LogP contribution in [0.15, 0.2) is 24.3 Å². The summed E-state index contributed by atoms with van der Waals surface area (Å²) >= 11 is 0. The van der Waals surface area contributed by atoms with Crippen molar-refractivity contribution in [2.75, 3.05) is 12.4 Å². The number of ketones is 1. The van der Waals surface area contributed by atoms with Crippen molar-refractivity contribution in [1.82, 2.24) is 10.3 Å². The molecule has 2 amide bonds. The van der Waals surface area contributed by atoms with Crippen LogP contribution in [0.3, 0.4) is 0 Å². The Morgan fingerprint density at radius 1 is 1.12 bits per heavy atom. The Morgan fingerprint density at radius 2 is 1.81 bits per heavy atom. The second kappa shape index (κ2) is 6.44. The fourth-order valence-electron chi connectivity index (χ4n) is 3.57. The third kappa shape index (κ3) is 3.14. The number of carbonyl (C=O) groups excluding carboxylic acids is 3. The van der Waals surface area contributed by atoms with Crippen molar-refractivity contribution in [3.63, 3.8) is 0 Å². The molecule has 0 saturated carbocycles. The second-order valence-electron chi connectivity index (χ2n) is 7.50. The molecule has 1 aliphatic rings. The molecule has 6 nitrogen and oxygen atoms in total. The molecule has 3 rings (SSSR count). The Kier molecular flexibility index (Phi) is 4.44. The van der Waals surface area contributed by atoms with E-state index in [-0.39, 0.29) is 23.0 Å². The standard InChI is InChI=1S/C20H23N3O3/c1-11-16-14(9-20(2,3)10-15(16)24)22-17(11)19(26)23-13-8-6-5-7-12(13)18(25)21-4/h5-8,22H,9-10H2,1-4H3,(H,21,25)(H,23,26). The van der Waals surface area contributed by atoms with Gasteiger partial charge in [-0.25, -0.2) is 0 Å².